The molecule has 0 fully saturated rings. The molecule has 3 aromatic carbocycles. The maximum absolute atomic E-state index is 12.6. The number of benzene rings is 3. The van der Waals surface area contributed by atoms with Crippen molar-refractivity contribution in [3.05, 3.63) is 120 Å². The van der Waals surface area contributed by atoms with Gasteiger partial charge in [0.05, 0.1) is 23.3 Å². The molecule has 0 N–H and O–H groups in total. The van der Waals surface area contributed by atoms with E-state index in [9.17, 15) is 19.2 Å². The second-order valence-corrected chi connectivity index (χ2v) is 10.5. The molecule has 0 saturated heterocycles. The molecule has 0 atom stereocenters. The molecule has 0 heterocycles. The van der Waals surface area contributed by atoms with E-state index >= 15 is 0 Å². The third-order valence-electron chi connectivity index (χ3n) is 4.97. The summed E-state index contributed by atoms with van der Waals surface area (Å²) < 4.78 is 21.0. The van der Waals surface area contributed by atoms with Crippen LogP contribution in [0.4, 0.5) is 0 Å². The minimum Gasteiger partial charge on any atom is -0.462 e. The van der Waals surface area contributed by atoms with Crippen LogP contribution in [0.25, 0.3) is 0 Å². The normalized spacial score (nSPS) is 10.7. The van der Waals surface area contributed by atoms with Crippen molar-refractivity contribution in [2.75, 3.05) is 6.61 Å². The van der Waals surface area contributed by atoms with Crippen molar-refractivity contribution in [3.8, 4) is 0 Å². The van der Waals surface area contributed by atoms with Gasteiger partial charge < -0.3 is 4.74 Å². The lowest BCUT2D eigenvalue weighted by atomic mass is 10.2. The van der Waals surface area contributed by atoms with Crippen molar-refractivity contribution in [3.63, 3.8) is 0 Å². The summed E-state index contributed by atoms with van der Waals surface area (Å²) in [5.41, 5.74) is 0.563. The van der Waals surface area contributed by atoms with Crippen LogP contribution in [0.5, 0.6) is 0 Å². The minimum atomic E-state index is -4.52. The predicted molar refractivity (Wildman–Crippen MR) is 140 cm³/mol. The van der Waals surface area contributed by atoms with E-state index in [1.165, 1.54) is 43.3 Å². The fourth-order valence-corrected chi connectivity index (χ4v) is 4.43. The first-order chi connectivity index (χ1) is 19.3. The number of hydrogen-bond donors (Lipinski definition) is 0. The van der Waals surface area contributed by atoms with Crippen LogP contribution in [0.1, 0.15) is 44.4 Å². The molecule has 11 nitrogen and oxygen atoms in total. The maximum atomic E-state index is 12.6. The zero-order chi connectivity index (χ0) is 28.8. The molecule has 0 radical (unpaired) electrons. The predicted octanol–water partition coefficient (Wildman–Crippen LogP) is 4.80. The zero-order valence-electron chi connectivity index (χ0n) is 21.5. The lowest BCUT2D eigenvalue weighted by molar-refractivity contribution is -0.311. The molecule has 0 aromatic heterocycles. The Balaban J connectivity index is 1.81. The van der Waals surface area contributed by atoms with E-state index in [0.717, 1.165) is 0 Å². The monoisotopic (exact) mass is 566 g/mol. The first-order valence-electron chi connectivity index (χ1n) is 12.0. The summed E-state index contributed by atoms with van der Waals surface area (Å²) in [7, 11) is -4.52. The molecule has 0 aliphatic heterocycles. The van der Waals surface area contributed by atoms with Crippen molar-refractivity contribution >= 4 is 32.7 Å². The number of hydrogen-bond acceptors (Lipinski definition) is 11. The molecule has 0 bridgehead atoms. The summed E-state index contributed by atoms with van der Waals surface area (Å²) in [6.45, 7) is 4.82. The highest BCUT2D eigenvalue weighted by molar-refractivity contribution is 6.60. The Kier molecular flexibility index (Phi) is 11.3. The van der Waals surface area contributed by atoms with Gasteiger partial charge in [0.1, 0.15) is 0 Å². The van der Waals surface area contributed by atoms with Crippen LogP contribution in [0.15, 0.2) is 103 Å². The van der Waals surface area contributed by atoms with Crippen LogP contribution >= 0.6 is 0 Å². The number of carbonyl (C=O) groups is 4. The van der Waals surface area contributed by atoms with Crippen molar-refractivity contribution in [2.45, 2.75) is 19.4 Å². The quantitative estimate of drug-likeness (QED) is 0.0665. The average Bonchev–Trinajstić information content (AvgIpc) is 3.00. The Bertz CT molecular complexity index is 1160. The largest absolute Gasteiger partial charge is 0.619 e. The van der Waals surface area contributed by atoms with E-state index in [2.05, 4.69) is 6.58 Å². The fourth-order valence-electron chi connectivity index (χ4n) is 2.91. The summed E-state index contributed by atoms with van der Waals surface area (Å²) in [4.78, 5) is 64.4. The topological polar surface area (TPSA) is 133 Å². The minimum absolute atomic E-state index is 0.0000946. The second-order valence-electron chi connectivity index (χ2n) is 8.16. The Morgan fingerprint density at radius 2 is 0.975 bits per heavy atom. The molecule has 3 rings (SSSR count). The van der Waals surface area contributed by atoms with Gasteiger partial charge in [0.25, 0.3) is 0 Å². The van der Waals surface area contributed by atoms with Crippen LogP contribution in [-0.4, -0.2) is 39.3 Å². The molecule has 208 valence electrons. The summed E-state index contributed by atoms with van der Waals surface area (Å²) >= 11 is 0. The first kappa shape index (κ1) is 29.9. The van der Waals surface area contributed by atoms with E-state index in [1.54, 1.807) is 54.6 Å². The van der Waals surface area contributed by atoms with E-state index in [4.69, 9.17) is 33.1 Å². The van der Waals surface area contributed by atoms with Gasteiger partial charge in [-0.05, 0) is 49.7 Å². The number of esters is 1. The van der Waals surface area contributed by atoms with Gasteiger partial charge in [0.2, 0.25) is 0 Å². The Morgan fingerprint density at radius 3 is 1.30 bits per heavy atom. The van der Waals surface area contributed by atoms with E-state index < -0.39 is 32.7 Å². The molecule has 3 aromatic rings. The van der Waals surface area contributed by atoms with Gasteiger partial charge in [-0.1, -0.05) is 61.2 Å². The third-order valence-corrected chi connectivity index (χ3v) is 6.95. The summed E-state index contributed by atoms with van der Waals surface area (Å²) in [6, 6.07) is 23.3. The summed E-state index contributed by atoms with van der Waals surface area (Å²) in [6.07, 6.45) is -0.0000946. The number of rotatable bonds is 14. The second kappa shape index (κ2) is 15.1. The van der Waals surface area contributed by atoms with E-state index in [-0.39, 0.29) is 41.3 Å². The van der Waals surface area contributed by atoms with Crippen LogP contribution in [0.3, 0.4) is 0 Å². The molecular formula is C28H26O11Si. The lowest BCUT2D eigenvalue weighted by Crippen LogP contribution is -2.47. The average molecular weight is 567 g/mol. The summed E-state index contributed by atoms with van der Waals surface area (Å²) in [5.74, 6) is -3.43. The van der Waals surface area contributed by atoms with E-state index in [0.29, 0.717) is 0 Å². The number of ether oxygens (including phenoxy) is 1. The lowest BCUT2D eigenvalue weighted by Gasteiger charge is -2.24. The Morgan fingerprint density at radius 1 is 0.625 bits per heavy atom. The molecule has 0 amide bonds. The highest BCUT2D eigenvalue weighted by atomic mass is 28.4. The molecule has 0 unspecified atom stereocenters. The molecule has 12 heteroatoms. The first-order valence-corrected chi connectivity index (χ1v) is 13.9. The SMILES string of the molecule is C=C(C)C(=O)OCCC[Si](OOC(=O)c1ccccc1)(OOC(=O)c1ccccc1)OOC(=O)c1ccccc1. The Labute approximate surface area is 230 Å². The van der Waals surface area contributed by atoms with Crippen LogP contribution in [0, 0.1) is 0 Å². The number of carbonyl (C=O) groups excluding carboxylic acids is 4. The van der Waals surface area contributed by atoms with E-state index in [1.807, 2.05) is 0 Å². The third kappa shape index (κ3) is 9.29. The maximum Gasteiger partial charge on any atom is 0.619 e. The van der Waals surface area contributed by atoms with Gasteiger partial charge in [-0.15, -0.1) is 0 Å². The van der Waals surface area contributed by atoms with Gasteiger partial charge in [0, 0.05) is 11.6 Å². The molecule has 0 saturated carbocycles. The van der Waals surface area contributed by atoms with Gasteiger partial charge in [-0.2, -0.15) is 13.7 Å². The smallest absolute Gasteiger partial charge is 0.462 e. The highest BCUT2D eigenvalue weighted by Gasteiger charge is 2.51. The molecule has 0 aliphatic carbocycles. The molecule has 0 spiro atoms. The van der Waals surface area contributed by atoms with Gasteiger partial charge in [-0.25, -0.2) is 19.2 Å². The Hall–Kier alpha value is -4.62. The van der Waals surface area contributed by atoms with Crippen molar-refractivity contribution < 1.29 is 52.3 Å². The van der Waals surface area contributed by atoms with Crippen LogP contribution < -0.4 is 0 Å². The standard InChI is InChI=1S/C28H26O11Si/c1-21(2)25(29)33-19-12-20-40(37-34-26(30)22-13-6-3-7-14-22,38-35-27(31)23-15-8-4-9-16-23)39-36-28(32)24-17-10-5-11-18-24/h3-11,13-18H,1,12,19-20H2,2H3. The summed E-state index contributed by atoms with van der Waals surface area (Å²) in [5, 5.41) is 0. The van der Waals surface area contributed by atoms with Crippen molar-refractivity contribution in [2.24, 2.45) is 0 Å². The molecule has 0 aliphatic rings. The zero-order valence-corrected chi connectivity index (χ0v) is 22.5. The van der Waals surface area contributed by atoms with Gasteiger partial charge in [-0.3, -0.25) is 14.7 Å². The van der Waals surface area contributed by atoms with Crippen LogP contribution in [-0.2, 0) is 37.9 Å². The fraction of sp³-hybridized carbons (Fsp3) is 0.143. The van der Waals surface area contributed by atoms with Crippen molar-refractivity contribution in [1.82, 2.24) is 0 Å². The highest BCUT2D eigenvalue weighted by Crippen LogP contribution is 2.22. The van der Waals surface area contributed by atoms with Crippen LogP contribution in [0.2, 0.25) is 6.04 Å². The molecule has 40 heavy (non-hydrogen) atoms. The van der Waals surface area contributed by atoms with Gasteiger partial charge >= 0.3 is 32.7 Å². The van der Waals surface area contributed by atoms with Crippen molar-refractivity contribution in [1.29, 1.82) is 0 Å². The molecular weight excluding hydrogens is 540 g/mol. The van der Waals surface area contributed by atoms with Gasteiger partial charge in [0.15, 0.2) is 0 Å².